The largest absolute Gasteiger partial charge is 0.468 e. The van der Waals surface area contributed by atoms with Gasteiger partial charge < -0.3 is 9.15 Å². The van der Waals surface area contributed by atoms with Crippen molar-refractivity contribution < 1.29 is 13.9 Å². The van der Waals surface area contributed by atoms with E-state index in [1.54, 1.807) is 18.4 Å². The zero-order chi connectivity index (χ0) is 12.1. The van der Waals surface area contributed by atoms with E-state index in [1.165, 1.54) is 7.11 Å². The molecule has 1 aromatic carbocycles. The standard InChI is InChI=1S/C14H14O3/c1-16-14(15)12(13-8-5-9-17-13)10-11-6-3-2-4-7-11/h2-9,12H,10H2,1H3. The molecule has 1 heterocycles. The second kappa shape index (κ2) is 5.34. The summed E-state index contributed by atoms with van der Waals surface area (Å²) in [7, 11) is 1.39. The van der Waals surface area contributed by atoms with E-state index in [0.29, 0.717) is 12.2 Å². The van der Waals surface area contributed by atoms with Crippen LogP contribution in [0.2, 0.25) is 0 Å². The molecule has 0 aliphatic rings. The Bertz CT molecular complexity index is 459. The molecule has 0 aliphatic heterocycles. The number of furan rings is 1. The predicted molar refractivity (Wildman–Crippen MR) is 63.6 cm³/mol. The second-order valence-electron chi connectivity index (χ2n) is 3.78. The maximum atomic E-state index is 11.7. The van der Waals surface area contributed by atoms with Crippen LogP contribution in [0.25, 0.3) is 0 Å². The number of carbonyl (C=O) groups excluding carboxylic acids is 1. The maximum Gasteiger partial charge on any atom is 0.316 e. The van der Waals surface area contributed by atoms with Crippen LogP contribution >= 0.6 is 0 Å². The van der Waals surface area contributed by atoms with Crippen LogP contribution in [0.1, 0.15) is 17.2 Å². The lowest BCUT2D eigenvalue weighted by Crippen LogP contribution is -2.16. The minimum atomic E-state index is -0.377. The summed E-state index contributed by atoms with van der Waals surface area (Å²) in [6.07, 6.45) is 2.15. The number of hydrogen-bond acceptors (Lipinski definition) is 3. The van der Waals surface area contributed by atoms with Gasteiger partial charge in [-0.3, -0.25) is 4.79 Å². The lowest BCUT2D eigenvalue weighted by Gasteiger charge is -2.12. The number of ether oxygens (including phenoxy) is 1. The molecule has 0 N–H and O–H groups in total. The van der Waals surface area contributed by atoms with Crippen LogP contribution < -0.4 is 0 Å². The fourth-order valence-corrected chi connectivity index (χ4v) is 1.78. The van der Waals surface area contributed by atoms with Gasteiger partial charge in [0.05, 0.1) is 13.4 Å². The maximum absolute atomic E-state index is 11.7. The van der Waals surface area contributed by atoms with E-state index in [-0.39, 0.29) is 11.9 Å². The van der Waals surface area contributed by atoms with Gasteiger partial charge in [-0.1, -0.05) is 30.3 Å². The van der Waals surface area contributed by atoms with Crippen molar-refractivity contribution in [3.8, 4) is 0 Å². The Labute approximate surface area is 100 Å². The number of esters is 1. The normalized spacial score (nSPS) is 12.1. The highest BCUT2D eigenvalue weighted by molar-refractivity contribution is 5.77. The Kier molecular flexibility index (Phi) is 3.60. The van der Waals surface area contributed by atoms with E-state index in [1.807, 2.05) is 30.3 Å². The van der Waals surface area contributed by atoms with Crippen molar-refractivity contribution in [1.82, 2.24) is 0 Å². The molecule has 0 radical (unpaired) electrons. The van der Waals surface area contributed by atoms with Crippen molar-refractivity contribution in [2.24, 2.45) is 0 Å². The monoisotopic (exact) mass is 230 g/mol. The lowest BCUT2D eigenvalue weighted by molar-refractivity contribution is -0.142. The highest BCUT2D eigenvalue weighted by Crippen LogP contribution is 2.22. The minimum Gasteiger partial charge on any atom is -0.468 e. The second-order valence-corrected chi connectivity index (χ2v) is 3.78. The Balaban J connectivity index is 2.20. The van der Waals surface area contributed by atoms with E-state index >= 15 is 0 Å². The van der Waals surface area contributed by atoms with Crippen LogP contribution in [0.3, 0.4) is 0 Å². The van der Waals surface area contributed by atoms with Crippen molar-refractivity contribution in [3.05, 3.63) is 60.1 Å². The molecule has 0 fully saturated rings. The zero-order valence-corrected chi connectivity index (χ0v) is 9.63. The third-order valence-corrected chi connectivity index (χ3v) is 2.65. The first-order chi connectivity index (χ1) is 8.31. The average molecular weight is 230 g/mol. The van der Waals surface area contributed by atoms with Crippen LogP contribution in [-0.4, -0.2) is 13.1 Å². The molecule has 0 amide bonds. The van der Waals surface area contributed by atoms with E-state index < -0.39 is 0 Å². The topological polar surface area (TPSA) is 39.4 Å². The number of hydrogen-bond donors (Lipinski definition) is 0. The van der Waals surface area contributed by atoms with Crippen LogP contribution in [0.4, 0.5) is 0 Å². The predicted octanol–water partition coefficient (Wildman–Crippen LogP) is 2.78. The quantitative estimate of drug-likeness (QED) is 0.758. The van der Waals surface area contributed by atoms with Crippen molar-refractivity contribution >= 4 is 5.97 Å². The first-order valence-corrected chi connectivity index (χ1v) is 5.46. The number of carbonyl (C=O) groups is 1. The van der Waals surface area contributed by atoms with Crippen LogP contribution in [0.5, 0.6) is 0 Å². The first-order valence-electron chi connectivity index (χ1n) is 5.46. The fourth-order valence-electron chi connectivity index (χ4n) is 1.78. The van der Waals surface area contributed by atoms with Crippen LogP contribution in [-0.2, 0) is 16.0 Å². The summed E-state index contributed by atoms with van der Waals surface area (Å²) < 4.78 is 10.1. The molecule has 2 aromatic rings. The zero-order valence-electron chi connectivity index (χ0n) is 9.63. The molecule has 0 spiro atoms. The summed E-state index contributed by atoms with van der Waals surface area (Å²) in [5.41, 5.74) is 1.08. The number of methoxy groups -OCH3 is 1. The summed E-state index contributed by atoms with van der Waals surface area (Å²) in [5.74, 6) is -0.0121. The smallest absolute Gasteiger partial charge is 0.316 e. The van der Waals surface area contributed by atoms with Gasteiger partial charge in [-0.15, -0.1) is 0 Å². The minimum absolute atomic E-state index is 0.274. The van der Waals surface area contributed by atoms with E-state index in [9.17, 15) is 4.79 Å². The van der Waals surface area contributed by atoms with Gasteiger partial charge >= 0.3 is 5.97 Å². The SMILES string of the molecule is COC(=O)C(Cc1ccccc1)c1ccco1. The van der Waals surface area contributed by atoms with Crippen molar-refractivity contribution in [1.29, 1.82) is 0 Å². The van der Waals surface area contributed by atoms with E-state index in [2.05, 4.69) is 0 Å². The van der Waals surface area contributed by atoms with Crippen LogP contribution in [0, 0.1) is 0 Å². The average Bonchev–Trinajstić information content (AvgIpc) is 2.90. The van der Waals surface area contributed by atoms with Gasteiger partial charge in [-0.25, -0.2) is 0 Å². The molecule has 88 valence electrons. The molecular weight excluding hydrogens is 216 g/mol. The molecule has 2 rings (SSSR count). The molecule has 1 unspecified atom stereocenters. The Hall–Kier alpha value is -2.03. The van der Waals surface area contributed by atoms with Gasteiger partial charge in [0.15, 0.2) is 0 Å². The summed E-state index contributed by atoms with van der Waals surface area (Å²) >= 11 is 0. The van der Waals surface area contributed by atoms with Crippen molar-refractivity contribution in [2.75, 3.05) is 7.11 Å². The van der Waals surface area contributed by atoms with Gasteiger partial charge in [0.1, 0.15) is 11.7 Å². The molecule has 0 bridgehead atoms. The van der Waals surface area contributed by atoms with E-state index in [4.69, 9.17) is 9.15 Å². The summed E-state index contributed by atoms with van der Waals surface area (Å²) in [5, 5.41) is 0. The fraction of sp³-hybridized carbons (Fsp3) is 0.214. The Morgan fingerprint density at radius 2 is 2.00 bits per heavy atom. The summed E-state index contributed by atoms with van der Waals surface area (Å²) in [6, 6.07) is 13.4. The molecule has 0 saturated carbocycles. The number of benzene rings is 1. The molecule has 0 saturated heterocycles. The third kappa shape index (κ3) is 2.75. The van der Waals surface area contributed by atoms with Crippen molar-refractivity contribution in [2.45, 2.75) is 12.3 Å². The van der Waals surface area contributed by atoms with Gasteiger partial charge in [0.2, 0.25) is 0 Å². The molecule has 1 atom stereocenters. The molecule has 1 aromatic heterocycles. The Morgan fingerprint density at radius 1 is 1.24 bits per heavy atom. The number of rotatable bonds is 4. The first kappa shape index (κ1) is 11.5. The highest BCUT2D eigenvalue weighted by atomic mass is 16.5. The summed E-state index contributed by atoms with van der Waals surface area (Å²) in [4.78, 5) is 11.7. The van der Waals surface area contributed by atoms with Crippen molar-refractivity contribution in [3.63, 3.8) is 0 Å². The van der Waals surface area contributed by atoms with Gasteiger partial charge in [-0.2, -0.15) is 0 Å². The van der Waals surface area contributed by atoms with Gasteiger partial charge in [0, 0.05) is 0 Å². The molecule has 3 nitrogen and oxygen atoms in total. The highest BCUT2D eigenvalue weighted by Gasteiger charge is 2.24. The summed E-state index contributed by atoms with van der Waals surface area (Å²) in [6.45, 7) is 0. The Morgan fingerprint density at radius 3 is 2.59 bits per heavy atom. The molecule has 0 aliphatic carbocycles. The molecular formula is C14H14O3. The van der Waals surface area contributed by atoms with Crippen LogP contribution in [0.15, 0.2) is 53.1 Å². The molecule has 17 heavy (non-hydrogen) atoms. The lowest BCUT2D eigenvalue weighted by atomic mass is 9.97. The van der Waals surface area contributed by atoms with Gasteiger partial charge in [-0.05, 0) is 24.1 Å². The van der Waals surface area contributed by atoms with E-state index in [0.717, 1.165) is 5.56 Å². The third-order valence-electron chi connectivity index (χ3n) is 2.65. The van der Waals surface area contributed by atoms with Gasteiger partial charge in [0.25, 0.3) is 0 Å². The molecule has 3 heteroatoms.